The van der Waals surface area contributed by atoms with Crippen molar-refractivity contribution < 1.29 is 32.5 Å². The Morgan fingerprint density at radius 2 is 2.05 bits per heavy atom. The first-order chi connectivity index (χ1) is 19.1. The predicted molar refractivity (Wildman–Crippen MR) is 150 cm³/mol. The van der Waals surface area contributed by atoms with Crippen molar-refractivity contribution in [3.05, 3.63) is 18.2 Å². The van der Waals surface area contributed by atoms with Crippen LogP contribution in [-0.4, -0.2) is 85.3 Å². The van der Waals surface area contributed by atoms with E-state index in [0.29, 0.717) is 30.9 Å². The van der Waals surface area contributed by atoms with Crippen LogP contribution in [0.5, 0.6) is 0 Å². The molecule has 0 spiro atoms. The molecule has 40 heavy (non-hydrogen) atoms. The van der Waals surface area contributed by atoms with Crippen LogP contribution in [0, 0.1) is 17.8 Å². The third-order valence-corrected chi connectivity index (χ3v) is 11.0. The molecule has 2 aromatic rings. The summed E-state index contributed by atoms with van der Waals surface area (Å²) >= 11 is 1.44. The first-order valence-corrected chi connectivity index (χ1v) is 16.4. The summed E-state index contributed by atoms with van der Waals surface area (Å²) in [6.07, 6.45) is 1.23. The predicted octanol–water partition coefficient (Wildman–Crippen LogP) is 3.14. The summed E-state index contributed by atoms with van der Waals surface area (Å²) in [5, 5.41) is 17.8. The molecular weight excluding hydrogens is 556 g/mol. The number of fused-ring (bicyclic) bond motifs is 2. The van der Waals surface area contributed by atoms with Gasteiger partial charge in [-0.1, -0.05) is 25.2 Å². The zero-order valence-corrected chi connectivity index (χ0v) is 24.6. The number of aromatic nitrogens is 1. The fourth-order valence-corrected chi connectivity index (χ4v) is 8.57. The summed E-state index contributed by atoms with van der Waals surface area (Å²) in [4.78, 5) is 17.4. The lowest BCUT2D eigenvalue weighted by atomic mass is 9.80. The number of thiazole rings is 1. The summed E-state index contributed by atoms with van der Waals surface area (Å²) in [6.45, 7) is 6.16. The highest BCUT2D eigenvalue weighted by molar-refractivity contribution is 7.89. The summed E-state index contributed by atoms with van der Waals surface area (Å²) < 4.78 is 46.8. The van der Waals surface area contributed by atoms with Crippen LogP contribution in [0.1, 0.15) is 46.5 Å². The van der Waals surface area contributed by atoms with Crippen LogP contribution in [0.2, 0.25) is 0 Å². The average Bonchev–Trinajstić information content (AvgIpc) is 3.30. The number of benzene rings is 1. The molecule has 2 aliphatic heterocycles. The molecule has 1 amide bonds. The number of carbonyl (C=O) groups is 1. The smallest absolute Gasteiger partial charge is 0.407 e. The lowest BCUT2D eigenvalue weighted by Crippen LogP contribution is -2.50. The van der Waals surface area contributed by atoms with Gasteiger partial charge in [-0.05, 0) is 62.6 Å². The van der Waals surface area contributed by atoms with Crippen molar-refractivity contribution in [2.24, 2.45) is 17.8 Å². The van der Waals surface area contributed by atoms with Crippen molar-refractivity contribution in [1.82, 2.24) is 14.6 Å². The molecule has 220 valence electrons. The number of nitrogens with one attached hydrogen (secondary N) is 2. The van der Waals surface area contributed by atoms with Crippen LogP contribution >= 0.6 is 11.3 Å². The summed E-state index contributed by atoms with van der Waals surface area (Å²) in [7, 11) is -3.92. The number of aliphatic hydroxyl groups excluding tert-OH is 1. The van der Waals surface area contributed by atoms with E-state index in [2.05, 4.69) is 15.6 Å². The molecule has 11 nitrogen and oxygen atoms in total. The molecule has 2 aliphatic carbocycles. The van der Waals surface area contributed by atoms with E-state index >= 15 is 0 Å². The number of sulfonamides is 1. The molecule has 7 atom stereocenters. The maximum Gasteiger partial charge on any atom is 0.407 e. The van der Waals surface area contributed by atoms with E-state index in [1.807, 2.05) is 13.8 Å². The Morgan fingerprint density at radius 1 is 1.25 bits per heavy atom. The second kappa shape index (κ2) is 11.0. The number of hydrogen-bond acceptors (Lipinski definition) is 10. The lowest BCUT2D eigenvalue weighted by molar-refractivity contribution is -0.147. The lowest BCUT2D eigenvalue weighted by Gasteiger charge is -2.32. The first kappa shape index (κ1) is 28.1. The maximum atomic E-state index is 13.7. The monoisotopic (exact) mass is 594 g/mol. The second-order valence-electron chi connectivity index (χ2n) is 12.0. The van der Waals surface area contributed by atoms with E-state index in [-0.39, 0.29) is 42.4 Å². The number of nitrogens with zero attached hydrogens (tertiary/aromatic N) is 2. The number of rotatable bonds is 11. The normalized spacial score (nSPS) is 29.2. The Kier molecular flexibility index (Phi) is 7.72. The number of carbonyl (C=O) groups excluding carboxylic acids is 1. The Morgan fingerprint density at radius 3 is 2.80 bits per heavy atom. The first-order valence-electron chi connectivity index (χ1n) is 14.2. The molecule has 4 aliphatic rings. The Hall–Kier alpha value is -2.03. The molecule has 2 saturated carbocycles. The minimum absolute atomic E-state index is 0.0255. The molecule has 3 N–H and O–H groups in total. The van der Waals surface area contributed by atoms with Crippen molar-refractivity contribution in [1.29, 1.82) is 0 Å². The number of amides is 1. The molecule has 1 unspecified atom stereocenters. The highest BCUT2D eigenvalue weighted by Gasteiger charge is 2.54. The molecular formula is C27H38N4O7S2. The molecule has 2 bridgehead atoms. The molecule has 13 heteroatoms. The molecule has 1 aromatic heterocycles. The molecule has 3 heterocycles. The topological polar surface area (TPSA) is 139 Å². The van der Waals surface area contributed by atoms with Gasteiger partial charge >= 0.3 is 6.09 Å². The number of aliphatic hydroxyl groups is 1. The van der Waals surface area contributed by atoms with Gasteiger partial charge in [0.1, 0.15) is 6.10 Å². The summed E-state index contributed by atoms with van der Waals surface area (Å²) in [5.74, 6) is 0.725. The fourth-order valence-electron chi connectivity index (χ4n) is 5.86. The van der Waals surface area contributed by atoms with Crippen LogP contribution < -0.4 is 10.6 Å². The standard InChI is InChI=1S/C27H38N4O7S2/c1-14(2)11-31(40(34,35)18-6-7-20-24(9-18)39-26(30-20)29-17-4-5-17)12-21(32)15(3)28-27(33)38-22-8-16-13-36-25-19(16)10-23(22)37-25/h6-7,9,14-17,19,21-23,25,32H,4-5,8,10-13H2,1-3H3,(H,28,33)(H,29,30)/t15-,16-,19-,21+,22-,23?,25-/m0/s1. The zero-order valence-electron chi connectivity index (χ0n) is 23.0. The third kappa shape index (κ3) is 5.82. The van der Waals surface area contributed by atoms with E-state index < -0.39 is 28.3 Å². The summed E-state index contributed by atoms with van der Waals surface area (Å²) in [5.41, 5.74) is 0.746. The molecule has 1 aromatic carbocycles. The van der Waals surface area contributed by atoms with Crippen LogP contribution in [0.3, 0.4) is 0 Å². The van der Waals surface area contributed by atoms with Gasteiger partial charge in [0.15, 0.2) is 11.4 Å². The van der Waals surface area contributed by atoms with E-state index in [1.54, 1.807) is 25.1 Å². The van der Waals surface area contributed by atoms with Gasteiger partial charge in [-0.25, -0.2) is 18.2 Å². The van der Waals surface area contributed by atoms with Crippen molar-refractivity contribution in [3.63, 3.8) is 0 Å². The number of anilines is 1. The van der Waals surface area contributed by atoms with Gasteiger partial charge in [-0.15, -0.1) is 0 Å². The zero-order chi connectivity index (χ0) is 28.2. The quantitative estimate of drug-likeness (QED) is 0.358. The van der Waals surface area contributed by atoms with Crippen molar-refractivity contribution in [3.8, 4) is 0 Å². The van der Waals surface area contributed by atoms with Crippen molar-refractivity contribution in [2.45, 2.75) is 88.0 Å². The number of alkyl carbamates (subject to hydrolysis) is 1. The fraction of sp³-hybridized carbons (Fsp3) is 0.704. The molecule has 6 rings (SSSR count). The van der Waals surface area contributed by atoms with Gasteiger partial charge < -0.3 is 30.0 Å². The van der Waals surface area contributed by atoms with Crippen molar-refractivity contribution in [2.75, 3.05) is 25.0 Å². The summed E-state index contributed by atoms with van der Waals surface area (Å²) in [6, 6.07) is 4.65. The number of hydrogen-bond donors (Lipinski definition) is 3. The minimum Gasteiger partial charge on any atom is -0.443 e. The van der Waals surface area contributed by atoms with Gasteiger partial charge in [-0.2, -0.15) is 4.31 Å². The SMILES string of the molecule is CC(C)CN(C[C@@H](O)[C@H](C)NC(=O)O[C@H]1C[C@H]2CO[C@H]3OC1C[C@@H]23)S(=O)(=O)c1ccc2nc(NC3CC3)sc2c1. The largest absolute Gasteiger partial charge is 0.443 e. The van der Waals surface area contributed by atoms with Crippen molar-refractivity contribution >= 4 is 42.8 Å². The maximum absolute atomic E-state index is 13.7. The van der Waals surface area contributed by atoms with Crippen LogP contribution in [0.25, 0.3) is 10.2 Å². The second-order valence-corrected chi connectivity index (χ2v) is 15.0. The Bertz CT molecular complexity index is 1350. The van der Waals surface area contributed by atoms with Crippen LogP contribution in [-0.2, 0) is 24.2 Å². The van der Waals surface area contributed by atoms with Gasteiger partial charge in [0.25, 0.3) is 0 Å². The average molecular weight is 595 g/mol. The van der Waals surface area contributed by atoms with E-state index in [1.165, 1.54) is 15.6 Å². The number of ether oxygens (including phenoxy) is 3. The highest BCUT2D eigenvalue weighted by Crippen LogP contribution is 2.47. The Labute approximate surface area is 238 Å². The van der Waals surface area contributed by atoms with Gasteiger partial charge in [0.2, 0.25) is 10.0 Å². The third-order valence-electron chi connectivity index (χ3n) is 8.24. The molecule has 0 radical (unpaired) electrons. The van der Waals surface area contributed by atoms with Crippen LogP contribution in [0.4, 0.5) is 9.93 Å². The van der Waals surface area contributed by atoms with Gasteiger partial charge in [0.05, 0.1) is 40.0 Å². The molecule has 4 fully saturated rings. The van der Waals surface area contributed by atoms with Crippen LogP contribution in [0.15, 0.2) is 23.1 Å². The minimum atomic E-state index is -3.92. The van der Waals surface area contributed by atoms with E-state index in [4.69, 9.17) is 14.2 Å². The van der Waals surface area contributed by atoms with E-state index in [0.717, 1.165) is 34.6 Å². The van der Waals surface area contributed by atoms with Gasteiger partial charge in [-0.3, -0.25) is 0 Å². The Balaban J connectivity index is 1.09. The highest BCUT2D eigenvalue weighted by atomic mass is 32.2. The van der Waals surface area contributed by atoms with E-state index in [9.17, 15) is 18.3 Å². The molecule has 2 saturated heterocycles. The van der Waals surface area contributed by atoms with Gasteiger partial charge in [0, 0.05) is 25.0 Å².